The van der Waals surface area contributed by atoms with Crippen LogP contribution in [0.1, 0.15) is 22.8 Å². The number of hydrogen-bond donors (Lipinski definition) is 1. The molecule has 3 nitrogen and oxygen atoms in total. The minimum Gasteiger partial charge on any atom is -0.489 e. The summed E-state index contributed by atoms with van der Waals surface area (Å²) in [6, 6.07) is 18.1. The minimum atomic E-state index is 0.00206. The molecular weight excluding hydrogens is 342 g/mol. The van der Waals surface area contributed by atoms with Crippen LogP contribution in [0.2, 0.25) is 0 Å². The molecule has 1 aromatic heterocycles. The van der Waals surface area contributed by atoms with Crippen molar-refractivity contribution in [3.05, 3.63) is 83.1 Å². The zero-order valence-electron chi connectivity index (χ0n) is 14.3. The lowest BCUT2D eigenvalue weighted by Crippen LogP contribution is -2.22. The quantitative estimate of drug-likeness (QED) is 0.613. The number of ether oxygens (including phenoxy) is 1. The van der Waals surface area contributed by atoms with Gasteiger partial charge in [-0.25, -0.2) is 0 Å². The van der Waals surface area contributed by atoms with Gasteiger partial charge in [-0.15, -0.1) is 11.3 Å². The molecule has 0 saturated carbocycles. The number of anilines is 1. The molecule has 3 aromatic rings. The molecule has 1 aliphatic heterocycles. The highest BCUT2D eigenvalue weighted by Gasteiger charge is 2.31. The van der Waals surface area contributed by atoms with Crippen molar-refractivity contribution in [2.45, 2.75) is 12.3 Å². The first-order valence-corrected chi connectivity index (χ1v) is 9.45. The molecule has 1 atom stereocenters. The van der Waals surface area contributed by atoms with E-state index < -0.39 is 0 Å². The van der Waals surface area contributed by atoms with Crippen molar-refractivity contribution in [1.29, 1.82) is 0 Å². The molecule has 1 amide bonds. The lowest BCUT2D eigenvalue weighted by Gasteiger charge is -2.25. The van der Waals surface area contributed by atoms with Crippen molar-refractivity contribution < 1.29 is 9.53 Å². The van der Waals surface area contributed by atoms with Crippen LogP contribution in [-0.4, -0.2) is 12.5 Å². The van der Waals surface area contributed by atoms with Gasteiger partial charge in [0.2, 0.25) is 5.91 Å². The van der Waals surface area contributed by atoms with Gasteiger partial charge in [-0.2, -0.15) is 0 Å². The smallest absolute Gasteiger partial charge is 0.225 e. The molecule has 2 aromatic carbocycles. The Morgan fingerprint density at radius 2 is 1.92 bits per heavy atom. The fraction of sp³-hybridized carbons (Fsp3) is 0.136. The Hall–Kier alpha value is -2.85. The SMILES string of the molecule is C=CCOc1ccccc1[C@@H]1CC(=O)Nc2c(-c3ccccc3)csc21. The maximum absolute atomic E-state index is 12.5. The van der Waals surface area contributed by atoms with Gasteiger partial charge in [0, 0.05) is 33.7 Å². The van der Waals surface area contributed by atoms with Gasteiger partial charge in [0.1, 0.15) is 12.4 Å². The number of amides is 1. The Kier molecular flexibility index (Phi) is 4.59. The molecule has 1 aliphatic rings. The van der Waals surface area contributed by atoms with Crippen molar-refractivity contribution >= 4 is 22.9 Å². The van der Waals surface area contributed by atoms with E-state index in [1.165, 1.54) is 4.88 Å². The summed E-state index contributed by atoms with van der Waals surface area (Å²) in [5.41, 5.74) is 4.17. The fourth-order valence-corrected chi connectivity index (χ4v) is 4.51. The highest BCUT2D eigenvalue weighted by molar-refractivity contribution is 7.11. The molecule has 0 saturated heterocycles. The summed E-state index contributed by atoms with van der Waals surface area (Å²) in [4.78, 5) is 13.6. The van der Waals surface area contributed by atoms with Gasteiger partial charge >= 0.3 is 0 Å². The van der Waals surface area contributed by atoms with E-state index in [1.54, 1.807) is 17.4 Å². The van der Waals surface area contributed by atoms with Crippen LogP contribution in [0.15, 0.2) is 72.6 Å². The molecule has 0 spiro atoms. The summed E-state index contributed by atoms with van der Waals surface area (Å²) < 4.78 is 5.84. The summed E-state index contributed by atoms with van der Waals surface area (Å²) >= 11 is 1.69. The monoisotopic (exact) mass is 361 g/mol. The van der Waals surface area contributed by atoms with Gasteiger partial charge < -0.3 is 10.1 Å². The van der Waals surface area contributed by atoms with E-state index in [0.717, 1.165) is 28.1 Å². The van der Waals surface area contributed by atoms with E-state index in [1.807, 2.05) is 42.5 Å². The first kappa shape index (κ1) is 16.6. The summed E-state index contributed by atoms with van der Waals surface area (Å²) in [6.45, 7) is 4.16. The predicted molar refractivity (Wildman–Crippen MR) is 107 cm³/mol. The first-order chi connectivity index (χ1) is 12.8. The van der Waals surface area contributed by atoms with Crippen molar-refractivity contribution in [2.24, 2.45) is 0 Å². The Morgan fingerprint density at radius 1 is 1.15 bits per heavy atom. The van der Waals surface area contributed by atoms with Crippen molar-refractivity contribution in [3.8, 4) is 16.9 Å². The van der Waals surface area contributed by atoms with Crippen LogP contribution in [0.4, 0.5) is 5.69 Å². The number of thiophene rings is 1. The van der Waals surface area contributed by atoms with E-state index in [9.17, 15) is 4.79 Å². The molecule has 0 bridgehead atoms. The average molecular weight is 361 g/mol. The molecule has 0 radical (unpaired) electrons. The Balaban J connectivity index is 1.79. The molecule has 4 heteroatoms. The highest BCUT2D eigenvalue weighted by atomic mass is 32.1. The van der Waals surface area contributed by atoms with E-state index in [0.29, 0.717) is 13.0 Å². The Bertz CT molecular complexity index is 946. The van der Waals surface area contributed by atoms with Crippen molar-refractivity contribution in [1.82, 2.24) is 0 Å². The van der Waals surface area contributed by atoms with Crippen LogP contribution >= 0.6 is 11.3 Å². The second-order valence-electron chi connectivity index (χ2n) is 6.20. The number of carbonyl (C=O) groups excluding carboxylic acids is 1. The average Bonchev–Trinajstić information content (AvgIpc) is 3.10. The number of carbonyl (C=O) groups is 1. The van der Waals surface area contributed by atoms with Gasteiger partial charge in [-0.05, 0) is 11.6 Å². The standard InChI is InChI=1S/C22H19NO2S/c1-2-12-25-19-11-7-6-10-16(19)17-13-20(24)23-21-18(14-26-22(17)21)15-8-4-3-5-9-15/h2-11,14,17H,1,12-13H2,(H,23,24)/t17-/m0/s1. The molecule has 0 aliphatic carbocycles. The lowest BCUT2D eigenvalue weighted by atomic mass is 9.88. The summed E-state index contributed by atoms with van der Waals surface area (Å²) in [5, 5.41) is 5.21. The molecule has 1 N–H and O–H groups in total. The van der Waals surface area contributed by atoms with E-state index in [2.05, 4.69) is 29.4 Å². The van der Waals surface area contributed by atoms with Crippen LogP contribution in [0.25, 0.3) is 11.1 Å². The maximum Gasteiger partial charge on any atom is 0.225 e. The summed E-state index contributed by atoms with van der Waals surface area (Å²) in [5.74, 6) is 0.853. The zero-order chi connectivity index (χ0) is 17.9. The summed E-state index contributed by atoms with van der Waals surface area (Å²) in [6.07, 6.45) is 2.16. The number of hydrogen-bond acceptors (Lipinski definition) is 3. The molecule has 130 valence electrons. The molecule has 0 unspecified atom stereocenters. The zero-order valence-corrected chi connectivity index (χ0v) is 15.1. The summed E-state index contributed by atoms with van der Waals surface area (Å²) in [7, 11) is 0. The predicted octanol–water partition coefficient (Wildman–Crippen LogP) is 5.45. The van der Waals surface area contributed by atoms with Gasteiger partial charge in [0.15, 0.2) is 0 Å². The topological polar surface area (TPSA) is 38.3 Å². The van der Waals surface area contributed by atoms with Crippen molar-refractivity contribution in [3.63, 3.8) is 0 Å². The largest absolute Gasteiger partial charge is 0.489 e. The third kappa shape index (κ3) is 3.04. The Labute approximate surface area is 157 Å². The fourth-order valence-electron chi connectivity index (χ4n) is 3.36. The third-order valence-electron chi connectivity index (χ3n) is 4.53. The van der Waals surface area contributed by atoms with Gasteiger partial charge in [0.25, 0.3) is 0 Å². The van der Waals surface area contributed by atoms with Crippen molar-refractivity contribution in [2.75, 3.05) is 11.9 Å². The van der Waals surface area contributed by atoms with Crippen LogP contribution in [0.3, 0.4) is 0 Å². The second-order valence-corrected chi connectivity index (χ2v) is 7.11. The highest BCUT2D eigenvalue weighted by Crippen LogP contribution is 2.48. The molecular formula is C22H19NO2S. The molecule has 26 heavy (non-hydrogen) atoms. The number of benzene rings is 2. The first-order valence-electron chi connectivity index (χ1n) is 8.57. The third-order valence-corrected chi connectivity index (χ3v) is 5.62. The van der Waals surface area contributed by atoms with Gasteiger partial charge in [-0.3, -0.25) is 4.79 Å². The second kappa shape index (κ2) is 7.18. The number of fused-ring (bicyclic) bond motifs is 1. The number of para-hydroxylation sites is 1. The lowest BCUT2D eigenvalue weighted by molar-refractivity contribution is -0.116. The van der Waals surface area contributed by atoms with Gasteiger partial charge in [-0.1, -0.05) is 61.2 Å². The van der Waals surface area contributed by atoms with Crippen LogP contribution < -0.4 is 10.1 Å². The maximum atomic E-state index is 12.5. The Morgan fingerprint density at radius 3 is 2.73 bits per heavy atom. The van der Waals surface area contributed by atoms with Crippen LogP contribution in [-0.2, 0) is 4.79 Å². The number of nitrogens with one attached hydrogen (secondary N) is 1. The molecule has 4 rings (SSSR count). The molecule has 0 fully saturated rings. The number of rotatable bonds is 5. The van der Waals surface area contributed by atoms with E-state index in [4.69, 9.17) is 4.74 Å². The normalized spacial score (nSPS) is 15.8. The van der Waals surface area contributed by atoms with Crippen LogP contribution in [0, 0.1) is 0 Å². The van der Waals surface area contributed by atoms with Crippen LogP contribution in [0.5, 0.6) is 5.75 Å². The van der Waals surface area contributed by atoms with Gasteiger partial charge in [0.05, 0.1) is 5.69 Å². The minimum absolute atomic E-state index is 0.00206. The molecule has 2 heterocycles. The van der Waals surface area contributed by atoms with E-state index >= 15 is 0 Å². The van der Waals surface area contributed by atoms with E-state index in [-0.39, 0.29) is 11.8 Å².